The largest absolute Gasteiger partial charge is 0.464 e. The van der Waals surface area contributed by atoms with Crippen LogP contribution in [-0.4, -0.2) is 50.1 Å². The van der Waals surface area contributed by atoms with E-state index in [1.807, 2.05) is 6.19 Å². The van der Waals surface area contributed by atoms with Crippen molar-refractivity contribution in [3.63, 3.8) is 0 Å². The van der Waals surface area contributed by atoms with Crippen LogP contribution < -0.4 is 4.72 Å². The highest BCUT2D eigenvalue weighted by Crippen LogP contribution is 2.16. The first-order valence-corrected chi connectivity index (χ1v) is 7.78. The standard InChI is InChI=1S/C12H16N4O4S/c1-15-10(12(17)20-2)3-4-11(15)21(18,19)14-9-5-6-16(7-9)8-13/h3-4,9,14H,5-7H2,1-2H3/t9-/m1/s1. The molecule has 1 saturated heterocycles. The number of carbonyl (C=O) groups is 1. The van der Waals surface area contributed by atoms with Crippen molar-refractivity contribution in [2.75, 3.05) is 20.2 Å². The fraction of sp³-hybridized carbons (Fsp3) is 0.500. The van der Waals surface area contributed by atoms with Crippen LogP contribution in [0.15, 0.2) is 17.2 Å². The van der Waals surface area contributed by atoms with Gasteiger partial charge in [-0.1, -0.05) is 0 Å². The third-order valence-corrected chi connectivity index (χ3v) is 5.00. The fourth-order valence-corrected chi connectivity index (χ4v) is 3.76. The van der Waals surface area contributed by atoms with Crippen LogP contribution >= 0.6 is 0 Å². The van der Waals surface area contributed by atoms with Gasteiger partial charge in [-0.3, -0.25) is 0 Å². The smallest absolute Gasteiger partial charge is 0.354 e. The Morgan fingerprint density at radius 2 is 2.24 bits per heavy atom. The maximum absolute atomic E-state index is 12.3. The highest BCUT2D eigenvalue weighted by Gasteiger charge is 2.29. The Balaban J connectivity index is 2.19. The van der Waals surface area contributed by atoms with Crippen molar-refractivity contribution in [3.05, 3.63) is 17.8 Å². The molecule has 21 heavy (non-hydrogen) atoms. The summed E-state index contributed by atoms with van der Waals surface area (Å²) in [6.07, 6.45) is 2.56. The van der Waals surface area contributed by atoms with Crippen LogP contribution in [-0.2, 0) is 21.8 Å². The van der Waals surface area contributed by atoms with Crippen molar-refractivity contribution >= 4 is 16.0 Å². The van der Waals surface area contributed by atoms with Gasteiger partial charge in [-0.05, 0) is 18.6 Å². The summed E-state index contributed by atoms with van der Waals surface area (Å²) in [5.41, 5.74) is 0.156. The molecule has 0 aliphatic carbocycles. The van der Waals surface area contributed by atoms with E-state index < -0.39 is 16.0 Å². The summed E-state index contributed by atoms with van der Waals surface area (Å²) >= 11 is 0. The number of carbonyl (C=O) groups excluding carboxylic acids is 1. The molecule has 2 heterocycles. The molecular weight excluding hydrogens is 296 g/mol. The molecule has 2 rings (SSSR count). The second-order valence-corrected chi connectivity index (χ2v) is 6.42. The van der Waals surface area contributed by atoms with E-state index in [-0.39, 0.29) is 16.8 Å². The van der Waals surface area contributed by atoms with Crippen LogP contribution in [0.2, 0.25) is 0 Å². The van der Waals surface area contributed by atoms with Gasteiger partial charge in [0.05, 0.1) is 7.11 Å². The van der Waals surface area contributed by atoms with Gasteiger partial charge in [0.2, 0.25) is 0 Å². The number of aromatic nitrogens is 1. The number of hydrogen-bond acceptors (Lipinski definition) is 6. The van der Waals surface area contributed by atoms with E-state index in [2.05, 4.69) is 9.46 Å². The molecule has 9 heteroatoms. The first-order chi connectivity index (χ1) is 9.89. The lowest BCUT2D eigenvalue weighted by Crippen LogP contribution is -2.37. The zero-order valence-corrected chi connectivity index (χ0v) is 12.6. The normalized spacial score (nSPS) is 18.5. The van der Waals surface area contributed by atoms with Crippen LogP contribution in [0.5, 0.6) is 0 Å². The van der Waals surface area contributed by atoms with Gasteiger partial charge in [0.25, 0.3) is 10.0 Å². The highest BCUT2D eigenvalue weighted by molar-refractivity contribution is 7.89. The highest BCUT2D eigenvalue weighted by atomic mass is 32.2. The zero-order chi connectivity index (χ0) is 15.6. The molecule has 8 nitrogen and oxygen atoms in total. The summed E-state index contributed by atoms with van der Waals surface area (Å²) in [4.78, 5) is 13.0. The summed E-state index contributed by atoms with van der Waals surface area (Å²) in [6.45, 7) is 0.883. The molecule has 0 unspecified atom stereocenters. The van der Waals surface area contributed by atoms with E-state index in [0.29, 0.717) is 19.5 Å². The number of nitrogens with zero attached hydrogens (tertiary/aromatic N) is 3. The lowest BCUT2D eigenvalue weighted by molar-refractivity contribution is 0.0589. The van der Waals surface area contributed by atoms with Gasteiger partial charge in [0.15, 0.2) is 11.2 Å². The molecule has 1 N–H and O–H groups in total. The number of ether oxygens (including phenoxy) is 1. The number of nitriles is 1. The third kappa shape index (κ3) is 3.01. The summed E-state index contributed by atoms with van der Waals surface area (Å²) in [7, 11) is -1.04. The van der Waals surface area contributed by atoms with Gasteiger partial charge in [-0.2, -0.15) is 5.26 Å². The Bertz CT molecular complexity index is 689. The van der Waals surface area contributed by atoms with Gasteiger partial charge in [-0.25, -0.2) is 17.9 Å². The van der Waals surface area contributed by atoms with Gasteiger partial charge in [0.1, 0.15) is 5.69 Å². The number of nitrogens with one attached hydrogen (secondary N) is 1. The Morgan fingerprint density at radius 3 is 2.81 bits per heavy atom. The Labute approximate surface area is 123 Å². The minimum Gasteiger partial charge on any atom is -0.464 e. The van der Waals surface area contributed by atoms with Crippen molar-refractivity contribution < 1.29 is 17.9 Å². The van der Waals surface area contributed by atoms with E-state index in [1.54, 1.807) is 0 Å². The lowest BCUT2D eigenvalue weighted by Gasteiger charge is -2.13. The molecule has 0 saturated carbocycles. The zero-order valence-electron chi connectivity index (χ0n) is 11.7. The lowest BCUT2D eigenvalue weighted by atomic mass is 10.3. The predicted molar refractivity (Wildman–Crippen MR) is 72.7 cm³/mol. The summed E-state index contributed by atoms with van der Waals surface area (Å²) in [6, 6.07) is 2.44. The Kier molecular flexibility index (Phi) is 4.20. The van der Waals surface area contributed by atoms with E-state index >= 15 is 0 Å². The average molecular weight is 312 g/mol. The molecule has 0 aromatic carbocycles. The molecule has 114 valence electrons. The second kappa shape index (κ2) is 5.75. The topological polar surface area (TPSA) is 104 Å². The number of esters is 1. The quantitative estimate of drug-likeness (QED) is 0.601. The summed E-state index contributed by atoms with van der Waals surface area (Å²) in [5.74, 6) is -0.601. The monoisotopic (exact) mass is 312 g/mol. The number of likely N-dealkylation sites (tertiary alicyclic amines) is 1. The maximum Gasteiger partial charge on any atom is 0.354 e. The van der Waals surface area contributed by atoms with Crippen LogP contribution in [0.4, 0.5) is 0 Å². The van der Waals surface area contributed by atoms with E-state index in [4.69, 9.17) is 5.26 Å². The maximum atomic E-state index is 12.3. The minimum absolute atomic E-state index is 0.0155. The summed E-state index contributed by atoms with van der Waals surface area (Å²) < 4.78 is 33.1. The molecule has 1 aliphatic heterocycles. The number of sulfonamides is 1. The summed E-state index contributed by atoms with van der Waals surface area (Å²) in [5, 5.41) is 8.76. The van der Waals surface area contributed by atoms with Crippen molar-refractivity contribution in [1.82, 2.24) is 14.2 Å². The number of hydrogen-bond donors (Lipinski definition) is 1. The number of rotatable bonds is 4. The van der Waals surface area contributed by atoms with Crippen molar-refractivity contribution in [3.8, 4) is 6.19 Å². The SMILES string of the molecule is COC(=O)c1ccc(S(=O)(=O)N[C@@H]2CCN(C#N)C2)n1C. The number of methoxy groups -OCH3 is 1. The van der Waals surface area contributed by atoms with Gasteiger partial charge >= 0.3 is 5.97 Å². The van der Waals surface area contributed by atoms with E-state index in [1.165, 1.54) is 35.8 Å². The van der Waals surface area contributed by atoms with Crippen LogP contribution in [0.25, 0.3) is 0 Å². The minimum atomic E-state index is -3.76. The molecule has 1 aromatic heterocycles. The Morgan fingerprint density at radius 1 is 1.52 bits per heavy atom. The molecule has 1 atom stereocenters. The molecule has 0 amide bonds. The third-order valence-electron chi connectivity index (χ3n) is 3.40. The van der Waals surface area contributed by atoms with Gasteiger partial charge < -0.3 is 14.2 Å². The van der Waals surface area contributed by atoms with Crippen molar-refractivity contribution in [2.24, 2.45) is 7.05 Å². The first kappa shape index (κ1) is 15.3. The van der Waals surface area contributed by atoms with Crippen molar-refractivity contribution in [2.45, 2.75) is 17.5 Å². The molecule has 0 bridgehead atoms. The van der Waals surface area contributed by atoms with E-state index in [0.717, 1.165) is 0 Å². The van der Waals surface area contributed by atoms with E-state index in [9.17, 15) is 13.2 Å². The first-order valence-electron chi connectivity index (χ1n) is 6.30. The van der Waals surface area contributed by atoms with Crippen LogP contribution in [0.1, 0.15) is 16.9 Å². The fourth-order valence-electron chi connectivity index (χ4n) is 2.30. The van der Waals surface area contributed by atoms with Gasteiger partial charge in [0, 0.05) is 26.2 Å². The molecule has 1 aromatic rings. The average Bonchev–Trinajstić information content (AvgIpc) is 3.04. The predicted octanol–water partition coefficient (Wildman–Crippen LogP) is -0.355. The molecule has 1 aliphatic rings. The van der Waals surface area contributed by atoms with Crippen LogP contribution in [0.3, 0.4) is 0 Å². The molecule has 0 radical (unpaired) electrons. The second-order valence-electron chi connectivity index (χ2n) is 4.76. The Hall–Kier alpha value is -2.05. The molecule has 1 fully saturated rings. The van der Waals surface area contributed by atoms with Crippen molar-refractivity contribution in [1.29, 1.82) is 5.26 Å². The molecule has 0 spiro atoms. The molecular formula is C12H16N4O4S. The van der Waals surface area contributed by atoms with Crippen LogP contribution in [0, 0.1) is 11.5 Å². The van der Waals surface area contributed by atoms with Gasteiger partial charge in [-0.15, -0.1) is 0 Å².